The Morgan fingerprint density at radius 3 is 2.71 bits per heavy atom. The van der Waals surface area contributed by atoms with E-state index < -0.39 is 23.2 Å². The minimum absolute atomic E-state index is 0.0184. The van der Waals surface area contributed by atoms with Gasteiger partial charge in [-0.25, -0.2) is 13.6 Å². The van der Waals surface area contributed by atoms with Gasteiger partial charge in [-0.15, -0.1) is 0 Å². The molecule has 0 radical (unpaired) electrons. The third kappa shape index (κ3) is 3.89. The molecule has 0 saturated heterocycles. The Bertz CT molecular complexity index is 413. The van der Waals surface area contributed by atoms with Crippen molar-refractivity contribution in [2.75, 3.05) is 23.9 Å². The molecule has 94 valence electrons. The van der Waals surface area contributed by atoms with E-state index in [0.717, 1.165) is 18.2 Å². The van der Waals surface area contributed by atoms with E-state index in [4.69, 9.17) is 5.11 Å². The van der Waals surface area contributed by atoms with E-state index in [9.17, 15) is 13.6 Å². The first-order chi connectivity index (χ1) is 8.06. The summed E-state index contributed by atoms with van der Waals surface area (Å²) >= 11 is 1.66. The number of halogens is 2. The van der Waals surface area contributed by atoms with Crippen LogP contribution in [0.25, 0.3) is 0 Å². The molecule has 0 saturated carbocycles. The fraction of sp³-hybridized carbons (Fsp3) is 0.364. The molecule has 0 atom stereocenters. The van der Waals surface area contributed by atoms with Crippen molar-refractivity contribution in [3.8, 4) is 0 Å². The lowest BCUT2D eigenvalue weighted by molar-refractivity contribution is 0.0692. The Morgan fingerprint density at radius 2 is 2.12 bits per heavy atom. The Labute approximate surface area is 102 Å². The molecule has 3 nitrogen and oxygen atoms in total. The molecule has 0 spiro atoms. The second-order valence-electron chi connectivity index (χ2n) is 3.39. The average molecular weight is 261 g/mol. The fourth-order valence-electron chi connectivity index (χ4n) is 1.29. The van der Waals surface area contributed by atoms with Crippen molar-refractivity contribution in [1.29, 1.82) is 0 Å². The van der Waals surface area contributed by atoms with Crippen LogP contribution < -0.4 is 5.32 Å². The van der Waals surface area contributed by atoms with Gasteiger partial charge < -0.3 is 10.4 Å². The summed E-state index contributed by atoms with van der Waals surface area (Å²) in [6.45, 7) is 0.516. The number of carboxylic acid groups (broad SMARTS) is 1. The van der Waals surface area contributed by atoms with Gasteiger partial charge >= 0.3 is 5.97 Å². The van der Waals surface area contributed by atoms with Crippen LogP contribution in [0.3, 0.4) is 0 Å². The van der Waals surface area contributed by atoms with Gasteiger partial charge in [0.15, 0.2) is 0 Å². The highest BCUT2D eigenvalue weighted by molar-refractivity contribution is 7.98. The third-order valence-corrected chi connectivity index (χ3v) is 2.82. The number of anilines is 1. The second kappa shape index (κ2) is 6.44. The molecule has 0 fully saturated rings. The molecule has 0 aliphatic rings. The number of carboxylic acids is 1. The van der Waals surface area contributed by atoms with E-state index in [0.29, 0.717) is 12.6 Å². The van der Waals surface area contributed by atoms with Crippen molar-refractivity contribution >= 4 is 23.4 Å². The highest BCUT2D eigenvalue weighted by Gasteiger charge is 2.14. The molecule has 0 aliphatic carbocycles. The summed E-state index contributed by atoms with van der Waals surface area (Å²) in [5.41, 5.74) is -0.510. The number of nitrogens with one attached hydrogen (secondary N) is 1. The number of rotatable bonds is 6. The lowest BCUT2D eigenvalue weighted by Crippen LogP contribution is -2.08. The number of hydrogen-bond acceptors (Lipinski definition) is 3. The van der Waals surface area contributed by atoms with Gasteiger partial charge in [-0.1, -0.05) is 0 Å². The normalized spacial score (nSPS) is 10.3. The lowest BCUT2D eigenvalue weighted by atomic mass is 10.2. The van der Waals surface area contributed by atoms with Crippen molar-refractivity contribution < 1.29 is 18.7 Å². The number of hydrogen-bond donors (Lipinski definition) is 2. The van der Waals surface area contributed by atoms with Crippen LogP contribution in [0.5, 0.6) is 0 Å². The standard InChI is InChI=1S/C11H13F2NO2S/c1-17-4-2-3-14-10-5-7(11(15)16)8(12)6-9(10)13/h5-6,14H,2-4H2,1H3,(H,15,16). The zero-order valence-corrected chi connectivity index (χ0v) is 10.1. The summed E-state index contributed by atoms with van der Waals surface area (Å²) in [4.78, 5) is 10.7. The monoisotopic (exact) mass is 261 g/mol. The van der Waals surface area contributed by atoms with Gasteiger partial charge in [-0.2, -0.15) is 11.8 Å². The summed E-state index contributed by atoms with van der Waals surface area (Å²) in [5.74, 6) is -2.34. The van der Waals surface area contributed by atoms with Crippen molar-refractivity contribution in [1.82, 2.24) is 0 Å². The smallest absolute Gasteiger partial charge is 0.338 e. The van der Waals surface area contributed by atoms with Crippen LogP contribution in [0.1, 0.15) is 16.8 Å². The molecule has 1 aromatic carbocycles. The predicted molar refractivity (Wildman–Crippen MR) is 64.8 cm³/mol. The molecule has 0 heterocycles. The average Bonchev–Trinajstić information content (AvgIpc) is 2.26. The van der Waals surface area contributed by atoms with E-state index in [2.05, 4.69) is 5.32 Å². The SMILES string of the molecule is CSCCCNc1cc(C(=O)O)c(F)cc1F. The van der Waals surface area contributed by atoms with Gasteiger partial charge in [0.2, 0.25) is 0 Å². The predicted octanol–water partition coefficient (Wildman–Crippen LogP) is 2.83. The van der Waals surface area contributed by atoms with E-state index in [-0.39, 0.29) is 5.69 Å². The van der Waals surface area contributed by atoms with E-state index >= 15 is 0 Å². The van der Waals surface area contributed by atoms with Gasteiger partial charge in [0.25, 0.3) is 0 Å². The maximum atomic E-state index is 13.3. The molecule has 1 rings (SSSR count). The van der Waals surface area contributed by atoms with Crippen molar-refractivity contribution in [2.24, 2.45) is 0 Å². The fourth-order valence-corrected chi connectivity index (χ4v) is 1.72. The number of aromatic carboxylic acids is 1. The quantitative estimate of drug-likeness (QED) is 0.773. The first-order valence-corrected chi connectivity index (χ1v) is 6.40. The molecule has 17 heavy (non-hydrogen) atoms. The molecule has 0 bridgehead atoms. The highest BCUT2D eigenvalue weighted by atomic mass is 32.2. The summed E-state index contributed by atoms with van der Waals surface area (Å²) in [6, 6.07) is 1.56. The molecule has 6 heteroatoms. The largest absolute Gasteiger partial charge is 0.478 e. The first-order valence-electron chi connectivity index (χ1n) is 5.01. The number of carbonyl (C=O) groups is 1. The van der Waals surface area contributed by atoms with Crippen LogP contribution in [-0.2, 0) is 0 Å². The lowest BCUT2D eigenvalue weighted by Gasteiger charge is -2.08. The molecular formula is C11H13F2NO2S. The van der Waals surface area contributed by atoms with Gasteiger partial charge in [0.1, 0.15) is 11.6 Å². The minimum Gasteiger partial charge on any atom is -0.478 e. The van der Waals surface area contributed by atoms with Crippen LogP contribution in [0.15, 0.2) is 12.1 Å². The Kier molecular flexibility index (Phi) is 5.21. The van der Waals surface area contributed by atoms with E-state index in [1.54, 1.807) is 11.8 Å². The molecule has 0 aromatic heterocycles. The van der Waals surface area contributed by atoms with Crippen LogP contribution in [0.2, 0.25) is 0 Å². The molecule has 0 unspecified atom stereocenters. The van der Waals surface area contributed by atoms with Gasteiger partial charge in [0, 0.05) is 12.6 Å². The molecule has 0 amide bonds. The molecule has 1 aromatic rings. The van der Waals surface area contributed by atoms with Crippen molar-refractivity contribution in [3.63, 3.8) is 0 Å². The minimum atomic E-state index is -1.41. The number of benzene rings is 1. The van der Waals surface area contributed by atoms with Crippen LogP contribution in [-0.4, -0.2) is 29.6 Å². The highest BCUT2D eigenvalue weighted by Crippen LogP contribution is 2.19. The van der Waals surface area contributed by atoms with Crippen LogP contribution in [0.4, 0.5) is 14.5 Å². The van der Waals surface area contributed by atoms with E-state index in [1.807, 2.05) is 6.26 Å². The van der Waals surface area contributed by atoms with E-state index in [1.165, 1.54) is 0 Å². The third-order valence-electron chi connectivity index (χ3n) is 2.13. The van der Waals surface area contributed by atoms with Crippen molar-refractivity contribution in [2.45, 2.75) is 6.42 Å². The molecule has 2 N–H and O–H groups in total. The molecule has 0 aliphatic heterocycles. The zero-order valence-electron chi connectivity index (χ0n) is 9.30. The maximum Gasteiger partial charge on any atom is 0.338 e. The first kappa shape index (κ1) is 13.8. The second-order valence-corrected chi connectivity index (χ2v) is 4.38. The molecular weight excluding hydrogens is 248 g/mol. The zero-order chi connectivity index (χ0) is 12.8. The topological polar surface area (TPSA) is 49.3 Å². The van der Waals surface area contributed by atoms with Gasteiger partial charge in [0.05, 0.1) is 11.3 Å². The van der Waals surface area contributed by atoms with Crippen LogP contribution >= 0.6 is 11.8 Å². The number of thioether (sulfide) groups is 1. The van der Waals surface area contributed by atoms with Crippen molar-refractivity contribution in [3.05, 3.63) is 29.3 Å². The summed E-state index contributed by atoms with van der Waals surface area (Å²) in [5, 5.41) is 11.4. The Morgan fingerprint density at radius 1 is 1.41 bits per heavy atom. The summed E-state index contributed by atoms with van der Waals surface area (Å²) in [7, 11) is 0. The van der Waals surface area contributed by atoms with Gasteiger partial charge in [-0.3, -0.25) is 0 Å². The maximum absolute atomic E-state index is 13.3. The summed E-state index contributed by atoms with van der Waals surface area (Å²) < 4.78 is 26.4. The van der Waals surface area contributed by atoms with Crippen LogP contribution in [0, 0.1) is 11.6 Å². The Balaban J connectivity index is 2.77. The summed E-state index contributed by atoms with van der Waals surface area (Å²) in [6.07, 6.45) is 2.78. The van der Waals surface area contributed by atoms with Gasteiger partial charge in [-0.05, 0) is 24.5 Å². The Hall–Kier alpha value is -1.30.